The summed E-state index contributed by atoms with van der Waals surface area (Å²) in [5, 5.41) is 14.6. The lowest BCUT2D eigenvalue weighted by atomic mass is 10.0. The number of anilines is 1. The molecule has 0 spiro atoms. The van der Waals surface area contributed by atoms with Gasteiger partial charge in [0.15, 0.2) is 0 Å². The van der Waals surface area contributed by atoms with Gasteiger partial charge in [-0.15, -0.1) is 0 Å². The number of hydrogen-bond acceptors (Lipinski definition) is 4. The summed E-state index contributed by atoms with van der Waals surface area (Å²) < 4.78 is 28.1. The fourth-order valence-electron chi connectivity index (χ4n) is 3.12. The Morgan fingerprint density at radius 2 is 1.34 bits per heavy atom. The molecule has 0 heterocycles. The van der Waals surface area contributed by atoms with E-state index in [-0.39, 0.29) is 4.90 Å². The summed E-state index contributed by atoms with van der Waals surface area (Å²) >= 11 is 0. The molecule has 0 aliphatic carbocycles. The average molecular weight is 402 g/mol. The zero-order valence-corrected chi connectivity index (χ0v) is 16.2. The van der Waals surface area contributed by atoms with E-state index in [2.05, 4.69) is 9.88 Å². The molecule has 4 aromatic rings. The van der Waals surface area contributed by atoms with Crippen molar-refractivity contribution >= 4 is 32.2 Å². The van der Waals surface area contributed by atoms with Crippen LogP contribution in [0.1, 0.15) is 11.1 Å². The summed E-state index contributed by atoms with van der Waals surface area (Å²) in [5.74, 6) is 0. The lowest BCUT2D eigenvalue weighted by Crippen LogP contribution is -2.13. The molecule has 29 heavy (non-hydrogen) atoms. The molecule has 2 N–H and O–H groups in total. The van der Waals surface area contributed by atoms with E-state index in [1.54, 1.807) is 42.5 Å². The Kier molecular flexibility index (Phi) is 5.01. The van der Waals surface area contributed by atoms with Gasteiger partial charge in [-0.1, -0.05) is 78.0 Å². The van der Waals surface area contributed by atoms with E-state index in [1.807, 2.05) is 54.6 Å². The molecule has 0 radical (unpaired) electrons. The first-order chi connectivity index (χ1) is 14.1. The molecule has 0 bridgehead atoms. The zero-order valence-electron chi connectivity index (χ0n) is 15.4. The van der Waals surface area contributed by atoms with Crippen LogP contribution in [0.2, 0.25) is 0 Å². The number of rotatable bonds is 5. The fourth-order valence-corrected chi connectivity index (χ4v) is 4.22. The third kappa shape index (κ3) is 3.97. The molecule has 0 amide bonds. The number of fused-ring (bicyclic) bond motifs is 1. The quantitative estimate of drug-likeness (QED) is 0.284. The van der Waals surface area contributed by atoms with E-state index in [0.717, 1.165) is 16.3 Å². The van der Waals surface area contributed by atoms with Gasteiger partial charge in [0.25, 0.3) is 10.0 Å². The second-order valence-corrected chi connectivity index (χ2v) is 8.19. The molecule has 0 aliphatic rings. The summed E-state index contributed by atoms with van der Waals surface area (Å²) in [6.07, 6.45) is 0. The van der Waals surface area contributed by atoms with E-state index in [0.29, 0.717) is 17.0 Å². The van der Waals surface area contributed by atoms with Gasteiger partial charge in [0, 0.05) is 16.8 Å². The molecular formula is C23H18N2O3S. The third-order valence-corrected chi connectivity index (χ3v) is 5.97. The predicted octanol–water partition coefficient (Wildman–Crippen LogP) is 4.87. The summed E-state index contributed by atoms with van der Waals surface area (Å²) in [6.45, 7) is 0. The molecule has 6 heteroatoms. The summed E-state index contributed by atoms with van der Waals surface area (Å²) in [5.41, 5.74) is 2.27. The molecular weight excluding hydrogens is 384 g/mol. The molecule has 4 aromatic carbocycles. The Morgan fingerprint density at radius 1 is 0.724 bits per heavy atom. The van der Waals surface area contributed by atoms with Crippen LogP contribution in [0.3, 0.4) is 0 Å². The molecule has 0 atom stereocenters. The number of sulfonamides is 1. The van der Waals surface area contributed by atoms with Crippen LogP contribution < -0.4 is 4.72 Å². The van der Waals surface area contributed by atoms with Crippen LogP contribution >= 0.6 is 0 Å². The van der Waals surface area contributed by atoms with Crippen LogP contribution in [0.4, 0.5) is 5.69 Å². The van der Waals surface area contributed by atoms with E-state index in [4.69, 9.17) is 0 Å². The maximum Gasteiger partial charge on any atom is 0.261 e. The molecule has 0 aromatic heterocycles. The van der Waals surface area contributed by atoms with E-state index < -0.39 is 10.0 Å². The van der Waals surface area contributed by atoms with Crippen molar-refractivity contribution in [2.24, 2.45) is 5.16 Å². The van der Waals surface area contributed by atoms with E-state index >= 15 is 0 Å². The zero-order chi connectivity index (χ0) is 20.3. The van der Waals surface area contributed by atoms with Gasteiger partial charge in [-0.3, -0.25) is 4.72 Å². The first kappa shape index (κ1) is 18.7. The van der Waals surface area contributed by atoms with Crippen molar-refractivity contribution in [1.29, 1.82) is 0 Å². The first-order valence-electron chi connectivity index (χ1n) is 8.96. The van der Waals surface area contributed by atoms with Crippen LogP contribution in [-0.4, -0.2) is 19.3 Å². The highest BCUT2D eigenvalue weighted by molar-refractivity contribution is 7.92. The summed E-state index contributed by atoms with van der Waals surface area (Å²) in [4.78, 5) is 0.196. The van der Waals surface area contributed by atoms with Gasteiger partial charge in [-0.2, -0.15) is 0 Å². The minimum Gasteiger partial charge on any atom is -0.410 e. The summed E-state index contributed by atoms with van der Waals surface area (Å²) in [7, 11) is -3.73. The molecule has 144 valence electrons. The largest absolute Gasteiger partial charge is 0.410 e. The van der Waals surface area contributed by atoms with Crippen LogP contribution in [0.15, 0.2) is 107 Å². The Bertz CT molecular complexity index is 1280. The standard InChI is InChI=1S/C23H18N2O3S/c26-24-23(18-7-2-1-3-8-18)19-10-13-21(14-11-19)25-29(27,28)22-15-12-17-6-4-5-9-20(17)16-22/h1-16,25-26H/b24-23+. The van der Waals surface area contributed by atoms with E-state index in [1.165, 1.54) is 0 Å². The monoisotopic (exact) mass is 402 g/mol. The maximum absolute atomic E-state index is 12.8. The SMILES string of the molecule is O=S(=O)(Nc1ccc(/C(=N/O)c2ccccc2)cc1)c1ccc2ccccc2c1. The highest BCUT2D eigenvalue weighted by atomic mass is 32.2. The van der Waals surface area contributed by atoms with Gasteiger partial charge in [0.1, 0.15) is 5.71 Å². The number of nitrogens with one attached hydrogen (secondary N) is 1. The highest BCUT2D eigenvalue weighted by Crippen LogP contribution is 2.22. The average Bonchev–Trinajstić information content (AvgIpc) is 2.76. The Hall–Kier alpha value is -3.64. The van der Waals surface area contributed by atoms with Crippen LogP contribution in [0.5, 0.6) is 0 Å². The van der Waals surface area contributed by atoms with Crippen molar-refractivity contribution in [1.82, 2.24) is 0 Å². The molecule has 0 saturated carbocycles. The molecule has 0 fully saturated rings. The molecule has 4 rings (SSSR count). The molecule has 0 saturated heterocycles. The lowest BCUT2D eigenvalue weighted by Gasteiger charge is -2.10. The Labute approximate surface area is 169 Å². The normalized spacial score (nSPS) is 12.1. The maximum atomic E-state index is 12.8. The molecule has 0 unspecified atom stereocenters. The van der Waals surface area contributed by atoms with Crippen molar-refractivity contribution in [2.75, 3.05) is 4.72 Å². The van der Waals surface area contributed by atoms with Crippen molar-refractivity contribution < 1.29 is 13.6 Å². The number of benzene rings is 4. The molecule has 0 aliphatic heterocycles. The number of nitrogens with zero attached hydrogens (tertiary/aromatic N) is 1. The first-order valence-corrected chi connectivity index (χ1v) is 10.4. The van der Waals surface area contributed by atoms with Gasteiger partial charge in [-0.25, -0.2) is 8.42 Å². The smallest absolute Gasteiger partial charge is 0.261 e. The predicted molar refractivity (Wildman–Crippen MR) is 115 cm³/mol. The van der Waals surface area contributed by atoms with Crippen molar-refractivity contribution in [3.63, 3.8) is 0 Å². The second kappa shape index (κ2) is 7.77. The Morgan fingerprint density at radius 3 is 2.03 bits per heavy atom. The van der Waals surface area contributed by atoms with Gasteiger partial charge >= 0.3 is 0 Å². The second-order valence-electron chi connectivity index (χ2n) is 6.51. The number of oxime groups is 1. The van der Waals surface area contributed by atoms with E-state index in [9.17, 15) is 13.6 Å². The van der Waals surface area contributed by atoms with Gasteiger partial charge in [0.05, 0.1) is 4.90 Å². The van der Waals surface area contributed by atoms with Crippen LogP contribution in [0.25, 0.3) is 10.8 Å². The van der Waals surface area contributed by atoms with Crippen molar-refractivity contribution in [2.45, 2.75) is 4.90 Å². The van der Waals surface area contributed by atoms with Gasteiger partial charge < -0.3 is 5.21 Å². The van der Waals surface area contributed by atoms with Crippen molar-refractivity contribution in [3.05, 3.63) is 108 Å². The lowest BCUT2D eigenvalue weighted by molar-refractivity contribution is 0.319. The third-order valence-electron chi connectivity index (χ3n) is 4.59. The minimum absolute atomic E-state index is 0.196. The van der Waals surface area contributed by atoms with Crippen molar-refractivity contribution in [3.8, 4) is 0 Å². The minimum atomic E-state index is -3.73. The number of hydrogen-bond donors (Lipinski definition) is 2. The fraction of sp³-hybridized carbons (Fsp3) is 0. The molecule has 5 nitrogen and oxygen atoms in total. The Balaban J connectivity index is 1.59. The highest BCUT2D eigenvalue weighted by Gasteiger charge is 2.15. The topological polar surface area (TPSA) is 78.8 Å². The van der Waals surface area contributed by atoms with Crippen LogP contribution in [0, 0.1) is 0 Å². The summed E-state index contributed by atoms with van der Waals surface area (Å²) in [6, 6.07) is 28.6. The van der Waals surface area contributed by atoms with Gasteiger partial charge in [0.2, 0.25) is 0 Å². The van der Waals surface area contributed by atoms with Crippen LogP contribution in [-0.2, 0) is 10.0 Å². The van der Waals surface area contributed by atoms with Gasteiger partial charge in [-0.05, 0) is 35.0 Å².